The zero-order valence-corrected chi connectivity index (χ0v) is 21.9. The molecule has 0 bridgehead atoms. The van der Waals surface area contributed by atoms with Crippen LogP contribution in [-0.2, 0) is 33.2 Å². The van der Waals surface area contributed by atoms with Crippen molar-refractivity contribution < 1.29 is 0 Å². The molecule has 2 aromatic heterocycles. The van der Waals surface area contributed by atoms with Crippen molar-refractivity contribution in [2.45, 2.75) is 45.9 Å². The number of hydrogen-bond donors (Lipinski definition) is 2. The summed E-state index contributed by atoms with van der Waals surface area (Å²) in [7, 11) is 1.98. The van der Waals surface area contributed by atoms with Crippen LogP contribution in [0, 0.1) is 6.92 Å². The van der Waals surface area contributed by atoms with E-state index in [1.165, 1.54) is 41.9 Å². The van der Waals surface area contributed by atoms with Crippen molar-refractivity contribution in [1.29, 1.82) is 0 Å². The SMILES string of the molecule is Cc1nnc(CNC(=NCc2ccc(CN3CCCC3)cc2)NCc2cccs2)n1C.I. The zero-order valence-electron chi connectivity index (χ0n) is 18.8. The lowest BCUT2D eigenvalue weighted by Crippen LogP contribution is -2.37. The molecule has 2 N–H and O–H groups in total. The molecule has 1 aliphatic rings. The molecule has 0 amide bonds. The maximum atomic E-state index is 4.81. The molecule has 7 nitrogen and oxygen atoms in total. The molecule has 0 unspecified atom stereocenters. The summed E-state index contributed by atoms with van der Waals surface area (Å²) in [5.74, 6) is 2.56. The molecular formula is C23H32IN7S. The number of rotatable bonds is 8. The maximum absolute atomic E-state index is 4.81. The van der Waals surface area contributed by atoms with E-state index in [4.69, 9.17) is 4.99 Å². The van der Waals surface area contributed by atoms with Crippen LogP contribution in [-0.4, -0.2) is 38.7 Å². The van der Waals surface area contributed by atoms with Crippen molar-refractivity contribution in [2.75, 3.05) is 13.1 Å². The van der Waals surface area contributed by atoms with Gasteiger partial charge < -0.3 is 15.2 Å². The Morgan fingerprint density at radius 2 is 1.75 bits per heavy atom. The van der Waals surface area contributed by atoms with Crippen molar-refractivity contribution in [2.24, 2.45) is 12.0 Å². The monoisotopic (exact) mass is 565 g/mol. The topological polar surface area (TPSA) is 70.4 Å². The standard InChI is InChI=1S/C23H31N7S.HI/c1-18-27-28-22(29(18)2)16-26-23(25-15-21-6-5-13-31-21)24-14-19-7-9-20(10-8-19)17-30-11-3-4-12-30;/h5-10,13H,3-4,11-12,14-17H2,1-2H3,(H2,24,25,26);1H. The Morgan fingerprint density at radius 1 is 1.03 bits per heavy atom. The van der Waals surface area contributed by atoms with Crippen LogP contribution < -0.4 is 10.6 Å². The fourth-order valence-corrected chi connectivity index (χ4v) is 4.29. The van der Waals surface area contributed by atoms with Gasteiger partial charge in [0.2, 0.25) is 0 Å². The summed E-state index contributed by atoms with van der Waals surface area (Å²) in [4.78, 5) is 8.61. The minimum Gasteiger partial charge on any atom is -0.351 e. The van der Waals surface area contributed by atoms with Gasteiger partial charge in [0.25, 0.3) is 0 Å². The number of aromatic nitrogens is 3. The van der Waals surface area contributed by atoms with Gasteiger partial charge in [-0.05, 0) is 55.4 Å². The average molecular weight is 566 g/mol. The van der Waals surface area contributed by atoms with E-state index in [-0.39, 0.29) is 24.0 Å². The number of likely N-dealkylation sites (tertiary alicyclic amines) is 1. The molecule has 1 aliphatic heterocycles. The molecule has 4 rings (SSSR count). The van der Waals surface area contributed by atoms with Crippen LogP contribution >= 0.6 is 35.3 Å². The van der Waals surface area contributed by atoms with Gasteiger partial charge >= 0.3 is 0 Å². The predicted molar refractivity (Wildman–Crippen MR) is 141 cm³/mol. The third kappa shape index (κ3) is 7.01. The van der Waals surface area contributed by atoms with Crippen LogP contribution in [0.2, 0.25) is 0 Å². The number of guanidine groups is 1. The molecule has 0 atom stereocenters. The molecule has 0 aliphatic carbocycles. The number of hydrogen-bond acceptors (Lipinski definition) is 5. The minimum atomic E-state index is 0. The number of halogens is 1. The van der Waals surface area contributed by atoms with Gasteiger partial charge in [-0.1, -0.05) is 30.3 Å². The van der Waals surface area contributed by atoms with E-state index in [1.807, 2.05) is 18.5 Å². The quantitative estimate of drug-likeness (QED) is 0.247. The molecule has 0 saturated carbocycles. The van der Waals surface area contributed by atoms with Crippen molar-refractivity contribution in [1.82, 2.24) is 30.3 Å². The summed E-state index contributed by atoms with van der Waals surface area (Å²) in [5.41, 5.74) is 2.58. The van der Waals surface area contributed by atoms with E-state index in [1.54, 1.807) is 11.3 Å². The summed E-state index contributed by atoms with van der Waals surface area (Å²) in [6.45, 7) is 7.40. The van der Waals surface area contributed by atoms with Gasteiger partial charge in [-0.25, -0.2) is 4.99 Å². The Morgan fingerprint density at radius 3 is 2.41 bits per heavy atom. The van der Waals surface area contributed by atoms with E-state index in [2.05, 4.69) is 67.5 Å². The molecule has 3 heterocycles. The van der Waals surface area contributed by atoms with E-state index < -0.39 is 0 Å². The summed E-state index contributed by atoms with van der Waals surface area (Å²) in [6.07, 6.45) is 2.66. The highest BCUT2D eigenvalue weighted by Crippen LogP contribution is 2.14. The Hall–Kier alpha value is -1.98. The third-order valence-corrected chi connectivity index (χ3v) is 6.53. The zero-order chi connectivity index (χ0) is 21.5. The normalized spacial score (nSPS) is 14.4. The summed E-state index contributed by atoms with van der Waals surface area (Å²) >= 11 is 1.74. The van der Waals surface area contributed by atoms with Crippen LogP contribution in [0.25, 0.3) is 0 Å². The number of aryl methyl sites for hydroxylation is 1. The van der Waals surface area contributed by atoms with Crippen LogP contribution in [0.1, 0.15) is 40.5 Å². The van der Waals surface area contributed by atoms with Crippen LogP contribution in [0.15, 0.2) is 46.8 Å². The Kier molecular flexibility index (Phi) is 9.49. The molecular weight excluding hydrogens is 533 g/mol. The molecule has 172 valence electrons. The van der Waals surface area contributed by atoms with Gasteiger partial charge in [0.15, 0.2) is 11.8 Å². The smallest absolute Gasteiger partial charge is 0.192 e. The van der Waals surface area contributed by atoms with Gasteiger partial charge in [-0.3, -0.25) is 4.90 Å². The largest absolute Gasteiger partial charge is 0.351 e. The third-order valence-electron chi connectivity index (χ3n) is 5.65. The van der Waals surface area contributed by atoms with E-state index in [0.29, 0.717) is 13.1 Å². The maximum Gasteiger partial charge on any atom is 0.192 e. The highest BCUT2D eigenvalue weighted by Gasteiger charge is 2.11. The summed E-state index contributed by atoms with van der Waals surface area (Å²) < 4.78 is 1.99. The molecule has 1 saturated heterocycles. The van der Waals surface area contributed by atoms with E-state index in [0.717, 1.165) is 30.7 Å². The van der Waals surface area contributed by atoms with Crippen LogP contribution in [0.5, 0.6) is 0 Å². The van der Waals surface area contributed by atoms with Crippen molar-refractivity contribution >= 4 is 41.3 Å². The highest BCUT2D eigenvalue weighted by atomic mass is 127. The molecule has 3 aromatic rings. The minimum absolute atomic E-state index is 0. The molecule has 1 fully saturated rings. The van der Waals surface area contributed by atoms with Crippen LogP contribution in [0.4, 0.5) is 0 Å². The Labute approximate surface area is 211 Å². The van der Waals surface area contributed by atoms with Crippen molar-refractivity contribution in [3.8, 4) is 0 Å². The molecule has 32 heavy (non-hydrogen) atoms. The first-order chi connectivity index (χ1) is 15.2. The number of benzene rings is 1. The fourth-order valence-electron chi connectivity index (χ4n) is 3.65. The fraction of sp³-hybridized carbons (Fsp3) is 0.435. The lowest BCUT2D eigenvalue weighted by molar-refractivity contribution is 0.331. The first-order valence-corrected chi connectivity index (χ1v) is 11.7. The second-order valence-corrected chi connectivity index (χ2v) is 9.01. The molecule has 9 heteroatoms. The lowest BCUT2D eigenvalue weighted by atomic mass is 10.1. The summed E-state index contributed by atoms with van der Waals surface area (Å²) in [5, 5.41) is 17.3. The number of aliphatic imine (C=N–C) groups is 1. The summed E-state index contributed by atoms with van der Waals surface area (Å²) in [6, 6.07) is 13.0. The van der Waals surface area contributed by atoms with Crippen molar-refractivity contribution in [3.05, 3.63) is 69.4 Å². The molecule has 0 radical (unpaired) electrons. The number of nitrogens with zero attached hydrogens (tertiary/aromatic N) is 5. The molecule has 1 aromatic carbocycles. The van der Waals surface area contributed by atoms with E-state index in [9.17, 15) is 0 Å². The Bertz CT molecular complexity index is 976. The number of nitrogens with one attached hydrogen (secondary N) is 2. The first kappa shape index (κ1) is 24.7. The average Bonchev–Trinajstić information content (AvgIpc) is 3.54. The Balaban J connectivity index is 0.00000289. The second kappa shape index (κ2) is 12.3. The van der Waals surface area contributed by atoms with Gasteiger partial charge in [-0.2, -0.15) is 0 Å². The highest BCUT2D eigenvalue weighted by molar-refractivity contribution is 14.0. The second-order valence-electron chi connectivity index (χ2n) is 7.97. The van der Waals surface area contributed by atoms with Crippen molar-refractivity contribution in [3.63, 3.8) is 0 Å². The molecule has 0 spiro atoms. The number of thiophene rings is 1. The van der Waals surface area contributed by atoms with Crippen LogP contribution in [0.3, 0.4) is 0 Å². The van der Waals surface area contributed by atoms with Gasteiger partial charge in [0, 0.05) is 18.5 Å². The first-order valence-electron chi connectivity index (χ1n) is 10.9. The lowest BCUT2D eigenvalue weighted by Gasteiger charge is -2.14. The predicted octanol–water partition coefficient (Wildman–Crippen LogP) is 3.83. The van der Waals surface area contributed by atoms with Gasteiger partial charge in [-0.15, -0.1) is 45.5 Å². The van der Waals surface area contributed by atoms with E-state index >= 15 is 0 Å². The van der Waals surface area contributed by atoms with Gasteiger partial charge in [0.05, 0.1) is 19.6 Å². The van der Waals surface area contributed by atoms with Gasteiger partial charge in [0.1, 0.15) is 5.82 Å².